The number of carboxylic acids is 1. The second-order valence-electron chi connectivity index (χ2n) is 7.27. The molecule has 7 nitrogen and oxygen atoms in total. The molecule has 0 radical (unpaired) electrons. The van der Waals surface area contributed by atoms with Crippen LogP contribution in [-0.2, 0) is 4.79 Å². The number of nitrogens with zero attached hydrogens (tertiary/aromatic N) is 1. The highest BCUT2D eigenvalue weighted by atomic mass is 16.5. The lowest BCUT2D eigenvalue weighted by molar-refractivity contribution is -0.143. The molecule has 1 fully saturated rings. The highest BCUT2D eigenvalue weighted by molar-refractivity contribution is 5.70. The van der Waals surface area contributed by atoms with Crippen molar-refractivity contribution >= 4 is 5.97 Å². The predicted molar refractivity (Wildman–Crippen MR) is 113 cm³/mol. The van der Waals surface area contributed by atoms with Crippen LogP contribution in [0.15, 0.2) is 36.4 Å². The number of rotatable bonds is 8. The fourth-order valence-corrected chi connectivity index (χ4v) is 4.18. The van der Waals surface area contributed by atoms with Crippen molar-refractivity contribution in [3.63, 3.8) is 0 Å². The second kappa shape index (κ2) is 9.71. The van der Waals surface area contributed by atoms with Crippen molar-refractivity contribution in [2.75, 3.05) is 41.5 Å². The van der Waals surface area contributed by atoms with Gasteiger partial charge in [-0.05, 0) is 37.6 Å². The molecule has 0 saturated carbocycles. The first kappa shape index (κ1) is 21.8. The number of benzene rings is 2. The standard InChI is InChI=1S/C23H29NO6/c1-27-16-10-11-17(20(13-16)29-3)21(24-12-6-7-15(14-24)23(25)26)18-8-5-9-19(28-2)22(18)30-4/h5,8-11,13,15,21H,6-7,12,14H2,1-4H3,(H,25,26). The van der Waals surface area contributed by atoms with Gasteiger partial charge in [0.1, 0.15) is 11.5 Å². The van der Waals surface area contributed by atoms with E-state index < -0.39 is 11.9 Å². The van der Waals surface area contributed by atoms with Crippen molar-refractivity contribution in [3.05, 3.63) is 47.5 Å². The number of carboxylic acid groups (broad SMARTS) is 1. The molecule has 2 atom stereocenters. The fraction of sp³-hybridized carbons (Fsp3) is 0.435. The van der Waals surface area contributed by atoms with Crippen molar-refractivity contribution in [2.45, 2.75) is 18.9 Å². The molecule has 2 aromatic carbocycles. The zero-order chi connectivity index (χ0) is 21.7. The Balaban J connectivity index is 2.17. The molecule has 0 bridgehead atoms. The summed E-state index contributed by atoms with van der Waals surface area (Å²) in [5, 5.41) is 9.62. The van der Waals surface area contributed by atoms with Crippen LogP contribution in [0, 0.1) is 5.92 Å². The maximum Gasteiger partial charge on any atom is 0.307 e. The molecule has 1 aliphatic heterocycles. The molecule has 3 rings (SSSR count). The molecule has 1 saturated heterocycles. The lowest BCUT2D eigenvalue weighted by atomic mass is 9.90. The first-order valence-electron chi connectivity index (χ1n) is 9.93. The van der Waals surface area contributed by atoms with E-state index in [4.69, 9.17) is 18.9 Å². The van der Waals surface area contributed by atoms with Crippen molar-refractivity contribution < 1.29 is 28.8 Å². The zero-order valence-electron chi connectivity index (χ0n) is 17.9. The molecule has 0 aromatic heterocycles. The third-order valence-electron chi connectivity index (χ3n) is 5.63. The number of para-hydroxylation sites is 1. The van der Waals surface area contributed by atoms with Crippen LogP contribution in [0.25, 0.3) is 0 Å². The molecule has 2 aromatic rings. The third kappa shape index (κ3) is 4.31. The first-order valence-corrected chi connectivity index (χ1v) is 9.93. The van der Waals surface area contributed by atoms with Gasteiger partial charge in [0.2, 0.25) is 0 Å². The van der Waals surface area contributed by atoms with Gasteiger partial charge in [0.15, 0.2) is 11.5 Å². The van der Waals surface area contributed by atoms with E-state index in [1.165, 1.54) is 0 Å². The Kier molecular flexibility index (Phi) is 7.05. The maximum atomic E-state index is 11.7. The second-order valence-corrected chi connectivity index (χ2v) is 7.27. The summed E-state index contributed by atoms with van der Waals surface area (Å²) in [5.41, 5.74) is 1.81. The Morgan fingerprint density at radius 1 is 1.00 bits per heavy atom. The van der Waals surface area contributed by atoms with Crippen LogP contribution < -0.4 is 18.9 Å². The van der Waals surface area contributed by atoms with Crippen LogP contribution in [0.5, 0.6) is 23.0 Å². The summed E-state index contributed by atoms with van der Waals surface area (Å²) in [6, 6.07) is 11.2. The van der Waals surface area contributed by atoms with E-state index in [2.05, 4.69) is 4.90 Å². The minimum absolute atomic E-state index is 0.266. The van der Waals surface area contributed by atoms with Gasteiger partial charge in [-0.25, -0.2) is 0 Å². The highest BCUT2D eigenvalue weighted by Crippen LogP contribution is 2.44. The van der Waals surface area contributed by atoms with Gasteiger partial charge in [-0.1, -0.05) is 12.1 Å². The van der Waals surface area contributed by atoms with Crippen molar-refractivity contribution in [2.24, 2.45) is 5.92 Å². The van der Waals surface area contributed by atoms with Crippen LogP contribution in [0.1, 0.15) is 30.0 Å². The molecule has 162 valence electrons. The number of methoxy groups -OCH3 is 4. The molecular weight excluding hydrogens is 386 g/mol. The van der Waals surface area contributed by atoms with Gasteiger partial charge in [-0.2, -0.15) is 0 Å². The van der Waals surface area contributed by atoms with Crippen molar-refractivity contribution in [1.29, 1.82) is 0 Å². The van der Waals surface area contributed by atoms with Gasteiger partial charge in [-0.3, -0.25) is 9.69 Å². The normalized spacial score (nSPS) is 17.8. The average Bonchev–Trinajstić information content (AvgIpc) is 2.79. The van der Waals surface area contributed by atoms with Crippen LogP contribution in [0.2, 0.25) is 0 Å². The summed E-state index contributed by atoms with van der Waals surface area (Å²) in [7, 11) is 6.44. The summed E-state index contributed by atoms with van der Waals surface area (Å²) in [6.45, 7) is 1.21. The SMILES string of the molecule is COc1ccc(C(c2cccc(OC)c2OC)N2CCCC(C(=O)O)C2)c(OC)c1. The van der Waals surface area contributed by atoms with Gasteiger partial charge in [0, 0.05) is 23.7 Å². The Labute approximate surface area is 177 Å². The molecule has 0 amide bonds. The molecular formula is C23H29NO6. The number of likely N-dealkylation sites (tertiary alicyclic amines) is 1. The molecule has 1 aliphatic rings. The zero-order valence-corrected chi connectivity index (χ0v) is 17.9. The van der Waals surface area contributed by atoms with E-state index in [9.17, 15) is 9.90 Å². The van der Waals surface area contributed by atoms with E-state index in [0.29, 0.717) is 36.0 Å². The predicted octanol–water partition coefficient (Wildman–Crippen LogP) is 3.61. The van der Waals surface area contributed by atoms with E-state index in [1.54, 1.807) is 28.4 Å². The maximum absolute atomic E-state index is 11.7. The lowest BCUT2D eigenvalue weighted by Gasteiger charge is -2.38. The lowest BCUT2D eigenvalue weighted by Crippen LogP contribution is -2.41. The Morgan fingerprint density at radius 3 is 2.40 bits per heavy atom. The first-order chi connectivity index (χ1) is 14.5. The number of hydrogen-bond acceptors (Lipinski definition) is 6. The largest absolute Gasteiger partial charge is 0.497 e. The number of ether oxygens (including phenoxy) is 4. The van der Waals surface area contributed by atoms with Crippen molar-refractivity contribution in [1.82, 2.24) is 4.90 Å². The minimum atomic E-state index is -0.766. The number of piperidine rings is 1. The van der Waals surface area contributed by atoms with Crippen LogP contribution in [0.3, 0.4) is 0 Å². The van der Waals surface area contributed by atoms with Gasteiger partial charge in [-0.15, -0.1) is 0 Å². The number of aliphatic carboxylic acids is 1. The molecule has 0 aliphatic carbocycles. The Bertz CT molecular complexity index is 884. The summed E-state index contributed by atoms with van der Waals surface area (Å²) >= 11 is 0. The Morgan fingerprint density at radius 2 is 1.77 bits per heavy atom. The summed E-state index contributed by atoms with van der Waals surface area (Å²) in [4.78, 5) is 13.9. The van der Waals surface area contributed by atoms with Crippen LogP contribution >= 0.6 is 0 Å². The highest BCUT2D eigenvalue weighted by Gasteiger charge is 2.34. The van der Waals surface area contributed by atoms with E-state index in [-0.39, 0.29) is 6.04 Å². The molecule has 0 spiro atoms. The molecule has 1 N–H and O–H groups in total. The Hall–Kier alpha value is -2.93. The van der Waals surface area contributed by atoms with Gasteiger partial charge in [0.05, 0.1) is 40.4 Å². The van der Waals surface area contributed by atoms with Crippen LogP contribution in [-0.4, -0.2) is 57.5 Å². The van der Waals surface area contributed by atoms with E-state index in [0.717, 1.165) is 24.1 Å². The van der Waals surface area contributed by atoms with Crippen molar-refractivity contribution in [3.8, 4) is 23.0 Å². The number of hydrogen-bond donors (Lipinski definition) is 1. The van der Waals surface area contributed by atoms with E-state index in [1.807, 2.05) is 36.4 Å². The molecule has 30 heavy (non-hydrogen) atoms. The van der Waals surface area contributed by atoms with Crippen LogP contribution in [0.4, 0.5) is 0 Å². The summed E-state index contributed by atoms with van der Waals surface area (Å²) < 4.78 is 22.3. The average molecular weight is 415 g/mol. The minimum Gasteiger partial charge on any atom is -0.497 e. The fourth-order valence-electron chi connectivity index (χ4n) is 4.18. The monoisotopic (exact) mass is 415 g/mol. The molecule has 1 heterocycles. The number of carbonyl (C=O) groups is 1. The van der Waals surface area contributed by atoms with Gasteiger partial charge >= 0.3 is 5.97 Å². The van der Waals surface area contributed by atoms with Gasteiger partial charge < -0.3 is 24.1 Å². The third-order valence-corrected chi connectivity index (χ3v) is 5.63. The summed E-state index contributed by atoms with van der Waals surface area (Å²) in [5.74, 6) is 1.43. The van der Waals surface area contributed by atoms with E-state index >= 15 is 0 Å². The topological polar surface area (TPSA) is 77.5 Å². The summed E-state index contributed by atoms with van der Waals surface area (Å²) in [6.07, 6.45) is 1.48. The smallest absolute Gasteiger partial charge is 0.307 e. The van der Waals surface area contributed by atoms with Gasteiger partial charge in [0.25, 0.3) is 0 Å². The molecule has 2 unspecified atom stereocenters. The quantitative estimate of drug-likeness (QED) is 0.706. The molecule has 7 heteroatoms.